The lowest BCUT2D eigenvalue weighted by molar-refractivity contribution is 0.303. The van der Waals surface area contributed by atoms with Gasteiger partial charge in [-0.3, -0.25) is 0 Å². The average Bonchev–Trinajstić information content (AvgIpc) is 2.87. The molecule has 1 aliphatic carbocycles. The molecule has 0 bridgehead atoms. The second-order valence-electron chi connectivity index (χ2n) is 3.80. The predicted octanol–water partition coefficient (Wildman–Crippen LogP) is 1.27. The molecule has 0 radical (unpaired) electrons. The first-order chi connectivity index (χ1) is 6.66. The molecule has 1 aromatic heterocycles. The number of hydrogen-bond donors (Lipinski definition) is 1. The summed E-state index contributed by atoms with van der Waals surface area (Å²) in [7, 11) is 3.89. The van der Waals surface area contributed by atoms with Gasteiger partial charge in [0.05, 0.1) is 18.0 Å². The Morgan fingerprint density at radius 3 is 2.79 bits per heavy atom. The zero-order valence-corrected chi connectivity index (χ0v) is 8.53. The van der Waals surface area contributed by atoms with Crippen molar-refractivity contribution < 1.29 is 4.74 Å². The molecule has 0 saturated heterocycles. The van der Waals surface area contributed by atoms with Gasteiger partial charge in [-0.25, -0.2) is 4.98 Å². The van der Waals surface area contributed by atoms with Gasteiger partial charge in [0, 0.05) is 20.2 Å². The molecular weight excluding hydrogens is 178 g/mol. The molecule has 76 valence electrons. The quantitative estimate of drug-likeness (QED) is 0.785. The molecule has 0 spiro atoms. The summed E-state index contributed by atoms with van der Waals surface area (Å²) in [6.07, 6.45) is 4.30. The van der Waals surface area contributed by atoms with Crippen LogP contribution in [0.2, 0.25) is 0 Å². The van der Waals surface area contributed by atoms with E-state index in [4.69, 9.17) is 10.5 Å². The van der Waals surface area contributed by atoms with Crippen LogP contribution in [0.3, 0.4) is 0 Å². The van der Waals surface area contributed by atoms with Crippen molar-refractivity contribution in [2.75, 3.05) is 24.7 Å². The summed E-state index contributed by atoms with van der Waals surface area (Å²) in [5.74, 6) is 1.63. The van der Waals surface area contributed by atoms with Gasteiger partial charge in [-0.2, -0.15) is 0 Å². The summed E-state index contributed by atoms with van der Waals surface area (Å²) in [5.41, 5.74) is 6.31. The van der Waals surface area contributed by atoms with Gasteiger partial charge in [0.2, 0.25) is 0 Å². The Balaban J connectivity index is 2.27. The van der Waals surface area contributed by atoms with Gasteiger partial charge >= 0.3 is 0 Å². The molecule has 2 N–H and O–H groups in total. The molecule has 2 rings (SSSR count). The number of ether oxygens (including phenoxy) is 1. The second-order valence-corrected chi connectivity index (χ2v) is 3.80. The van der Waals surface area contributed by atoms with Crippen LogP contribution in [-0.2, 0) is 0 Å². The lowest BCUT2D eigenvalue weighted by Gasteiger charge is -2.16. The molecule has 1 aromatic rings. The Morgan fingerprint density at radius 1 is 1.50 bits per heavy atom. The highest BCUT2D eigenvalue weighted by atomic mass is 16.5. The van der Waals surface area contributed by atoms with Crippen molar-refractivity contribution in [3.05, 3.63) is 12.3 Å². The van der Waals surface area contributed by atoms with Crippen molar-refractivity contribution in [3.8, 4) is 5.75 Å². The van der Waals surface area contributed by atoms with E-state index in [0.29, 0.717) is 11.8 Å². The predicted molar refractivity (Wildman–Crippen MR) is 56.6 cm³/mol. The highest BCUT2D eigenvalue weighted by Crippen LogP contribution is 2.32. The van der Waals surface area contributed by atoms with E-state index in [-0.39, 0.29) is 0 Å². The minimum absolute atomic E-state index is 0.372. The standard InChI is InChI=1S/C10H15N3O/c1-13(2)10-9(14-8-3-4-8)5-7(11)6-12-10/h5-6,8H,3-4,11H2,1-2H3. The third-order valence-corrected chi connectivity index (χ3v) is 2.10. The van der Waals surface area contributed by atoms with Crippen molar-refractivity contribution in [1.29, 1.82) is 0 Å². The number of anilines is 2. The SMILES string of the molecule is CN(C)c1ncc(N)cc1OC1CC1. The molecule has 4 nitrogen and oxygen atoms in total. The molecule has 14 heavy (non-hydrogen) atoms. The lowest BCUT2D eigenvalue weighted by Crippen LogP contribution is -2.13. The van der Waals surface area contributed by atoms with Crippen LogP contribution in [0.25, 0.3) is 0 Å². The first-order valence-electron chi connectivity index (χ1n) is 4.76. The Kier molecular flexibility index (Phi) is 2.19. The first-order valence-corrected chi connectivity index (χ1v) is 4.76. The smallest absolute Gasteiger partial charge is 0.171 e. The van der Waals surface area contributed by atoms with E-state index >= 15 is 0 Å². The van der Waals surface area contributed by atoms with Gasteiger partial charge in [-0.15, -0.1) is 0 Å². The van der Waals surface area contributed by atoms with Crippen LogP contribution in [0, 0.1) is 0 Å². The molecule has 0 aromatic carbocycles. The minimum Gasteiger partial charge on any atom is -0.486 e. The van der Waals surface area contributed by atoms with Gasteiger partial charge in [0.15, 0.2) is 11.6 Å². The average molecular weight is 193 g/mol. The van der Waals surface area contributed by atoms with Crippen LogP contribution in [0.1, 0.15) is 12.8 Å². The van der Waals surface area contributed by atoms with Crippen LogP contribution in [-0.4, -0.2) is 25.2 Å². The van der Waals surface area contributed by atoms with E-state index in [9.17, 15) is 0 Å². The summed E-state index contributed by atoms with van der Waals surface area (Å²) in [4.78, 5) is 6.16. The molecule has 0 unspecified atom stereocenters. The van der Waals surface area contributed by atoms with Crippen LogP contribution in [0.15, 0.2) is 12.3 Å². The molecule has 0 aliphatic heterocycles. The zero-order chi connectivity index (χ0) is 10.1. The fourth-order valence-electron chi connectivity index (χ4n) is 1.24. The van der Waals surface area contributed by atoms with Crippen molar-refractivity contribution in [2.24, 2.45) is 0 Å². The van der Waals surface area contributed by atoms with E-state index < -0.39 is 0 Å². The van der Waals surface area contributed by atoms with Crippen molar-refractivity contribution in [2.45, 2.75) is 18.9 Å². The normalized spacial score (nSPS) is 15.3. The molecule has 1 heterocycles. The van der Waals surface area contributed by atoms with Crippen molar-refractivity contribution >= 4 is 11.5 Å². The van der Waals surface area contributed by atoms with Crippen LogP contribution >= 0.6 is 0 Å². The van der Waals surface area contributed by atoms with Crippen LogP contribution in [0.5, 0.6) is 5.75 Å². The summed E-state index contributed by atoms with van der Waals surface area (Å²) >= 11 is 0. The molecule has 1 aliphatic rings. The van der Waals surface area contributed by atoms with E-state index in [1.165, 1.54) is 0 Å². The fourth-order valence-corrected chi connectivity index (χ4v) is 1.24. The van der Waals surface area contributed by atoms with Gasteiger partial charge < -0.3 is 15.4 Å². The third-order valence-electron chi connectivity index (χ3n) is 2.10. The molecule has 0 amide bonds. The zero-order valence-electron chi connectivity index (χ0n) is 8.53. The Labute approximate surface area is 83.7 Å². The van der Waals surface area contributed by atoms with Gasteiger partial charge in [0.25, 0.3) is 0 Å². The number of nitrogens with zero attached hydrogens (tertiary/aromatic N) is 2. The molecule has 1 saturated carbocycles. The number of nitrogen functional groups attached to an aromatic ring is 1. The maximum atomic E-state index is 5.71. The molecular formula is C10H15N3O. The summed E-state index contributed by atoms with van der Waals surface area (Å²) in [5, 5.41) is 0. The number of hydrogen-bond acceptors (Lipinski definition) is 4. The topological polar surface area (TPSA) is 51.4 Å². The van der Waals surface area contributed by atoms with E-state index in [1.54, 1.807) is 6.20 Å². The van der Waals surface area contributed by atoms with E-state index in [0.717, 1.165) is 24.4 Å². The summed E-state index contributed by atoms with van der Waals surface area (Å²) in [6.45, 7) is 0. The third kappa shape index (κ3) is 1.89. The van der Waals surface area contributed by atoms with Crippen LogP contribution < -0.4 is 15.4 Å². The van der Waals surface area contributed by atoms with Crippen molar-refractivity contribution in [1.82, 2.24) is 4.98 Å². The van der Waals surface area contributed by atoms with E-state index in [1.807, 2.05) is 25.1 Å². The molecule has 0 atom stereocenters. The number of nitrogens with two attached hydrogens (primary N) is 1. The Hall–Kier alpha value is -1.45. The number of rotatable bonds is 3. The maximum Gasteiger partial charge on any atom is 0.171 e. The molecule has 1 fully saturated rings. The van der Waals surface area contributed by atoms with E-state index in [2.05, 4.69) is 4.98 Å². The second kappa shape index (κ2) is 3.36. The lowest BCUT2D eigenvalue weighted by atomic mass is 10.3. The summed E-state index contributed by atoms with van der Waals surface area (Å²) < 4.78 is 5.71. The Morgan fingerprint density at radius 2 is 2.21 bits per heavy atom. The monoisotopic (exact) mass is 193 g/mol. The minimum atomic E-state index is 0.372. The number of aromatic nitrogens is 1. The molecule has 4 heteroatoms. The largest absolute Gasteiger partial charge is 0.486 e. The van der Waals surface area contributed by atoms with Crippen LogP contribution in [0.4, 0.5) is 11.5 Å². The highest BCUT2D eigenvalue weighted by molar-refractivity contribution is 5.57. The highest BCUT2D eigenvalue weighted by Gasteiger charge is 2.25. The fraction of sp³-hybridized carbons (Fsp3) is 0.500. The van der Waals surface area contributed by atoms with Crippen molar-refractivity contribution in [3.63, 3.8) is 0 Å². The summed E-state index contributed by atoms with van der Waals surface area (Å²) in [6, 6.07) is 1.83. The van der Waals surface area contributed by atoms with Gasteiger partial charge in [0.1, 0.15) is 0 Å². The first kappa shape index (κ1) is 9.12. The van der Waals surface area contributed by atoms with Gasteiger partial charge in [-0.05, 0) is 12.8 Å². The Bertz CT molecular complexity index is 334. The van der Waals surface area contributed by atoms with Gasteiger partial charge in [-0.1, -0.05) is 0 Å². The number of pyridine rings is 1. The maximum absolute atomic E-state index is 5.71.